The predicted octanol–water partition coefficient (Wildman–Crippen LogP) is 1.15. The maximum atomic E-state index is 11.4. The minimum absolute atomic E-state index is 0.0565. The summed E-state index contributed by atoms with van der Waals surface area (Å²) in [6.45, 7) is 3.09. The van der Waals surface area contributed by atoms with Gasteiger partial charge in [0.25, 0.3) is 0 Å². The summed E-state index contributed by atoms with van der Waals surface area (Å²) in [6, 6.07) is 0. The molecule has 13 heavy (non-hydrogen) atoms. The van der Waals surface area contributed by atoms with Gasteiger partial charge in [-0.25, -0.2) is 0 Å². The second kappa shape index (κ2) is 3.81. The normalized spacial score (nSPS) is 21.7. The largest absolute Gasteiger partial charge is 0.300 e. The number of hydrogen-bond acceptors (Lipinski definition) is 3. The van der Waals surface area contributed by atoms with E-state index in [0.717, 1.165) is 0 Å². The Morgan fingerprint density at radius 3 is 2.15 bits per heavy atom. The molecule has 1 atom stereocenters. The van der Waals surface area contributed by atoms with E-state index in [1.807, 2.05) is 0 Å². The maximum absolute atomic E-state index is 11.4. The summed E-state index contributed by atoms with van der Waals surface area (Å²) < 4.78 is 0. The van der Waals surface area contributed by atoms with E-state index in [4.69, 9.17) is 0 Å². The third-order valence-corrected chi connectivity index (χ3v) is 2.68. The summed E-state index contributed by atoms with van der Waals surface area (Å²) in [5, 5.41) is 0. The molecule has 0 heterocycles. The zero-order chi connectivity index (χ0) is 10.0. The molecule has 0 bridgehead atoms. The van der Waals surface area contributed by atoms with E-state index >= 15 is 0 Å². The van der Waals surface area contributed by atoms with Gasteiger partial charge >= 0.3 is 0 Å². The highest BCUT2D eigenvalue weighted by Crippen LogP contribution is 2.24. The minimum atomic E-state index is -0.647. The first kappa shape index (κ1) is 10.1. The number of Topliss-reactive ketones (excluding diaryl/α,β-unsaturated/α-hetero) is 3. The predicted molar refractivity (Wildman–Crippen MR) is 47.2 cm³/mol. The first-order valence-corrected chi connectivity index (χ1v) is 4.60. The molecular formula is C10H14O3. The lowest BCUT2D eigenvalue weighted by Gasteiger charge is -2.23. The van der Waals surface area contributed by atoms with Crippen molar-refractivity contribution < 1.29 is 14.4 Å². The van der Waals surface area contributed by atoms with Crippen LogP contribution in [0.15, 0.2) is 0 Å². The molecule has 3 nitrogen and oxygen atoms in total. The minimum Gasteiger partial charge on any atom is -0.300 e. The van der Waals surface area contributed by atoms with Crippen LogP contribution in [0.4, 0.5) is 0 Å². The Hall–Kier alpha value is -0.990. The van der Waals surface area contributed by atoms with Crippen molar-refractivity contribution in [1.82, 2.24) is 0 Å². The van der Waals surface area contributed by atoms with Crippen molar-refractivity contribution in [3.05, 3.63) is 0 Å². The summed E-state index contributed by atoms with van der Waals surface area (Å²) >= 11 is 0. The fourth-order valence-electron chi connectivity index (χ4n) is 1.72. The van der Waals surface area contributed by atoms with Gasteiger partial charge in [0.2, 0.25) is 0 Å². The van der Waals surface area contributed by atoms with E-state index in [1.54, 1.807) is 6.92 Å². The second-order valence-corrected chi connectivity index (χ2v) is 3.66. The van der Waals surface area contributed by atoms with E-state index in [1.165, 1.54) is 6.92 Å². The number of hydrogen-bond donors (Lipinski definition) is 0. The van der Waals surface area contributed by atoms with Crippen LogP contribution >= 0.6 is 0 Å². The van der Waals surface area contributed by atoms with E-state index in [9.17, 15) is 14.4 Å². The molecule has 72 valence electrons. The Morgan fingerprint density at radius 1 is 1.31 bits per heavy atom. The second-order valence-electron chi connectivity index (χ2n) is 3.66. The van der Waals surface area contributed by atoms with Crippen LogP contribution in [0.3, 0.4) is 0 Å². The molecule has 0 spiro atoms. The lowest BCUT2D eigenvalue weighted by Crippen LogP contribution is -2.36. The van der Waals surface area contributed by atoms with Gasteiger partial charge in [-0.3, -0.25) is 14.4 Å². The smallest absolute Gasteiger partial charge is 0.144 e. The van der Waals surface area contributed by atoms with Crippen LogP contribution < -0.4 is 0 Å². The SMILES string of the molecule is CC(=O)C(C)C1C(=O)CCCC1=O. The highest BCUT2D eigenvalue weighted by molar-refractivity contribution is 6.07. The molecule has 3 heteroatoms. The standard InChI is InChI=1S/C10H14O3/c1-6(7(2)11)10-8(12)4-3-5-9(10)13/h6,10H,3-5H2,1-2H3. The summed E-state index contributed by atoms with van der Waals surface area (Å²) in [6.07, 6.45) is 1.56. The highest BCUT2D eigenvalue weighted by Gasteiger charge is 2.36. The van der Waals surface area contributed by atoms with Gasteiger partial charge in [-0.05, 0) is 13.3 Å². The van der Waals surface area contributed by atoms with Gasteiger partial charge in [-0.15, -0.1) is 0 Å². The van der Waals surface area contributed by atoms with Gasteiger partial charge < -0.3 is 0 Å². The van der Waals surface area contributed by atoms with E-state index in [-0.39, 0.29) is 17.3 Å². The molecule has 0 amide bonds. The lowest BCUT2D eigenvalue weighted by molar-refractivity contribution is -0.141. The molecule has 0 N–H and O–H groups in total. The average molecular weight is 182 g/mol. The van der Waals surface area contributed by atoms with Crippen molar-refractivity contribution in [3.63, 3.8) is 0 Å². The summed E-state index contributed by atoms with van der Waals surface area (Å²) in [7, 11) is 0. The summed E-state index contributed by atoms with van der Waals surface area (Å²) in [4.78, 5) is 33.8. The Morgan fingerprint density at radius 2 is 1.77 bits per heavy atom. The van der Waals surface area contributed by atoms with Crippen molar-refractivity contribution in [1.29, 1.82) is 0 Å². The topological polar surface area (TPSA) is 51.2 Å². The Balaban J connectivity index is 2.80. The van der Waals surface area contributed by atoms with Crippen molar-refractivity contribution in [2.75, 3.05) is 0 Å². The Kier molecular flexibility index (Phi) is 2.96. The molecule has 1 aliphatic carbocycles. The number of ketones is 3. The first-order chi connectivity index (χ1) is 6.04. The zero-order valence-electron chi connectivity index (χ0n) is 8.00. The summed E-state index contributed by atoms with van der Waals surface area (Å²) in [5.74, 6) is -1.27. The number of rotatable bonds is 2. The highest BCUT2D eigenvalue weighted by atomic mass is 16.2. The maximum Gasteiger partial charge on any atom is 0.144 e. The number of carbonyl (C=O) groups excluding carboxylic acids is 3. The monoisotopic (exact) mass is 182 g/mol. The van der Waals surface area contributed by atoms with Crippen molar-refractivity contribution in [2.24, 2.45) is 11.8 Å². The van der Waals surface area contributed by atoms with Crippen LogP contribution in [-0.2, 0) is 14.4 Å². The fourth-order valence-corrected chi connectivity index (χ4v) is 1.72. The van der Waals surface area contributed by atoms with Crippen LogP contribution in [0.1, 0.15) is 33.1 Å². The molecule has 1 fully saturated rings. The van der Waals surface area contributed by atoms with Crippen molar-refractivity contribution in [3.8, 4) is 0 Å². The van der Waals surface area contributed by atoms with Gasteiger partial charge in [-0.1, -0.05) is 6.92 Å². The molecule has 0 aromatic heterocycles. The van der Waals surface area contributed by atoms with E-state index in [2.05, 4.69) is 0 Å². The van der Waals surface area contributed by atoms with Gasteiger partial charge in [-0.2, -0.15) is 0 Å². The van der Waals surface area contributed by atoms with Crippen LogP contribution in [0, 0.1) is 11.8 Å². The van der Waals surface area contributed by atoms with Gasteiger partial charge in [0.15, 0.2) is 0 Å². The molecule has 1 rings (SSSR count). The Labute approximate surface area is 77.5 Å². The number of carbonyl (C=O) groups is 3. The lowest BCUT2D eigenvalue weighted by atomic mass is 9.77. The Bertz CT molecular complexity index is 239. The van der Waals surface area contributed by atoms with Crippen molar-refractivity contribution >= 4 is 17.3 Å². The molecule has 0 saturated heterocycles. The third-order valence-electron chi connectivity index (χ3n) is 2.68. The molecule has 0 aliphatic heterocycles. The first-order valence-electron chi connectivity index (χ1n) is 4.60. The fraction of sp³-hybridized carbons (Fsp3) is 0.700. The molecule has 1 aliphatic rings. The molecule has 0 aromatic rings. The zero-order valence-corrected chi connectivity index (χ0v) is 8.00. The van der Waals surface area contributed by atoms with Gasteiger partial charge in [0.1, 0.15) is 17.3 Å². The van der Waals surface area contributed by atoms with Crippen LogP contribution in [-0.4, -0.2) is 17.3 Å². The molecule has 0 radical (unpaired) electrons. The van der Waals surface area contributed by atoms with Gasteiger partial charge in [0.05, 0.1) is 5.92 Å². The third kappa shape index (κ3) is 2.02. The molecule has 1 unspecified atom stereocenters. The van der Waals surface area contributed by atoms with Gasteiger partial charge in [0, 0.05) is 18.8 Å². The molecular weight excluding hydrogens is 168 g/mol. The van der Waals surface area contributed by atoms with Crippen LogP contribution in [0.2, 0.25) is 0 Å². The average Bonchev–Trinajstić information content (AvgIpc) is 2.03. The van der Waals surface area contributed by atoms with E-state index in [0.29, 0.717) is 19.3 Å². The van der Waals surface area contributed by atoms with Crippen molar-refractivity contribution in [2.45, 2.75) is 33.1 Å². The molecule has 0 aromatic carbocycles. The molecule has 1 saturated carbocycles. The van der Waals surface area contributed by atoms with E-state index < -0.39 is 11.8 Å². The van der Waals surface area contributed by atoms with Crippen LogP contribution in [0.5, 0.6) is 0 Å². The quantitative estimate of drug-likeness (QED) is 0.602. The summed E-state index contributed by atoms with van der Waals surface area (Å²) in [5.41, 5.74) is 0. The van der Waals surface area contributed by atoms with Crippen LogP contribution in [0.25, 0.3) is 0 Å².